The Bertz CT molecular complexity index is 503. The number of rotatable bonds is 7. The molecule has 0 amide bonds. The van der Waals surface area contributed by atoms with Crippen molar-refractivity contribution in [2.75, 3.05) is 32.8 Å². The largest absolute Gasteiger partial charge is 0.490 e. The monoisotopic (exact) mass is 385 g/mol. The number of esters is 1. The van der Waals surface area contributed by atoms with E-state index in [1.54, 1.807) is 0 Å². The minimum Gasteiger partial charge on any atom is -0.490 e. The smallest absolute Gasteiger partial charge is 0.309 e. The highest BCUT2D eigenvalue weighted by atomic mass is 79.9. The molecule has 1 N–H and O–H groups in total. The van der Waals surface area contributed by atoms with Crippen LogP contribution in [0.1, 0.15) is 19.8 Å². The molecule has 1 aromatic rings. The Morgan fingerprint density at radius 2 is 2.09 bits per heavy atom. The van der Waals surface area contributed by atoms with E-state index in [9.17, 15) is 9.90 Å². The number of halogens is 1. The van der Waals surface area contributed by atoms with Crippen molar-refractivity contribution in [2.24, 2.45) is 5.92 Å². The zero-order valence-electron chi connectivity index (χ0n) is 13.4. The molecule has 1 aromatic carbocycles. The van der Waals surface area contributed by atoms with E-state index in [1.807, 2.05) is 31.2 Å². The van der Waals surface area contributed by atoms with E-state index in [1.165, 1.54) is 0 Å². The van der Waals surface area contributed by atoms with Crippen LogP contribution in [0.4, 0.5) is 0 Å². The molecule has 0 unspecified atom stereocenters. The lowest BCUT2D eigenvalue weighted by atomic mass is 9.97. The van der Waals surface area contributed by atoms with Gasteiger partial charge in [0.25, 0.3) is 0 Å². The second-order valence-electron chi connectivity index (χ2n) is 5.72. The van der Waals surface area contributed by atoms with Crippen LogP contribution in [0, 0.1) is 5.92 Å². The topological polar surface area (TPSA) is 59.0 Å². The number of benzene rings is 1. The van der Waals surface area contributed by atoms with Gasteiger partial charge in [0.05, 0.1) is 17.0 Å². The van der Waals surface area contributed by atoms with E-state index < -0.39 is 6.10 Å². The summed E-state index contributed by atoms with van der Waals surface area (Å²) < 4.78 is 11.6. The molecule has 0 spiro atoms. The van der Waals surface area contributed by atoms with E-state index in [0.717, 1.165) is 36.2 Å². The third kappa shape index (κ3) is 5.79. The molecule has 1 saturated heterocycles. The van der Waals surface area contributed by atoms with Gasteiger partial charge >= 0.3 is 5.97 Å². The van der Waals surface area contributed by atoms with Crippen molar-refractivity contribution in [1.29, 1.82) is 0 Å². The molecular formula is C17H24BrNO4. The fraction of sp³-hybridized carbons (Fsp3) is 0.588. The summed E-state index contributed by atoms with van der Waals surface area (Å²) in [5, 5.41) is 10.1. The van der Waals surface area contributed by atoms with Gasteiger partial charge < -0.3 is 19.5 Å². The van der Waals surface area contributed by atoms with Crippen LogP contribution >= 0.6 is 15.9 Å². The van der Waals surface area contributed by atoms with Crippen LogP contribution in [0.15, 0.2) is 28.7 Å². The second-order valence-corrected chi connectivity index (χ2v) is 6.58. The molecule has 5 nitrogen and oxygen atoms in total. The molecule has 0 aromatic heterocycles. The van der Waals surface area contributed by atoms with Crippen molar-refractivity contribution in [3.63, 3.8) is 0 Å². The Morgan fingerprint density at radius 3 is 2.74 bits per heavy atom. The Hall–Kier alpha value is -1.11. The van der Waals surface area contributed by atoms with Crippen LogP contribution in [-0.4, -0.2) is 54.9 Å². The van der Waals surface area contributed by atoms with Crippen LogP contribution in [0.3, 0.4) is 0 Å². The van der Waals surface area contributed by atoms with Gasteiger partial charge in [0.15, 0.2) is 0 Å². The summed E-state index contributed by atoms with van der Waals surface area (Å²) in [4.78, 5) is 13.9. The van der Waals surface area contributed by atoms with E-state index in [-0.39, 0.29) is 18.5 Å². The summed E-state index contributed by atoms with van der Waals surface area (Å²) in [7, 11) is 0. The number of ether oxygens (including phenoxy) is 2. The lowest BCUT2D eigenvalue weighted by Crippen LogP contribution is -2.42. The van der Waals surface area contributed by atoms with Crippen LogP contribution in [0.2, 0.25) is 0 Å². The average Bonchev–Trinajstić information content (AvgIpc) is 2.55. The molecule has 23 heavy (non-hydrogen) atoms. The Labute approximate surface area is 145 Å². The molecule has 1 heterocycles. The average molecular weight is 386 g/mol. The molecule has 6 heteroatoms. The van der Waals surface area contributed by atoms with Crippen molar-refractivity contribution in [3.8, 4) is 5.75 Å². The summed E-state index contributed by atoms with van der Waals surface area (Å²) in [5.41, 5.74) is 0. The van der Waals surface area contributed by atoms with Crippen molar-refractivity contribution < 1.29 is 19.4 Å². The predicted molar refractivity (Wildman–Crippen MR) is 91.4 cm³/mol. The first kappa shape index (κ1) is 18.2. The molecule has 0 saturated carbocycles. The first-order valence-corrected chi connectivity index (χ1v) is 8.83. The van der Waals surface area contributed by atoms with Crippen molar-refractivity contribution in [1.82, 2.24) is 4.90 Å². The number of nitrogens with zero attached hydrogens (tertiary/aromatic N) is 1. The van der Waals surface area contributed by atoms with Gasteiger partial charge in [-0.15, -0.1) is 0 Å². The number of aliphatic hydroxyl groups excluding tert-OH is 1. The summed E-state index contributed by atoms with van der Waals surface area (Å²) in [6.45, 7) is 4.67. The van der Waals surface area contributed by atoms with Gasteiger partial charge in [-0.1, -0.05) is 12.1 Å². The van der Waals surface area contributed by atoms with E-state index >= 15 is 0 Å². The van der Waals surface area contributed by atoms with Crippen molar-refractivity contribution >= 4 is 21.9 Å². The lowest BCUT2D eigenvalue weighted by molar-refractivity contribution is -0.149. The Kier molecular flexibility index (Phi) is 7.33. The molecular weight excluding hydrogens is 362 g/mol. The summed E-state index contributed by atoms with van der Waals surface area (Å²) >= 11 is 3.42. The number of hydrogen-bond acceptors (Lipinski definition) is 5. The first-order chi connectivity index (χ1) is 11.1. The van der Waals surface area contributed by atoms with E-state index in [2.05, 4.69) is 20.8 Å². The highest BCUT2D eigenvalue weighted by Crippen LogP contribution is 2.24. The second kappa shape index (κ2) is 9.25. The molecule has 0 aliphatic carbocycles. The fourth-order valence-corrected chi connectivity index (χ4v) is 3.11. The van der Waals surface area contributed by atoms with Gasteiger partial charge in [-0.2, -0.15) is 0 Å². The predicted octanol–water partition coefficient (Wildman–Crippen LogP) is 2.46. The van der Waals surface area contributed by atoms with Gasteiger partial charge in [-0.3, -0.25) is 4.79 Å². The van der Waals surface area contributed by atoms with Crippen LogP contribution < -0.4 is 4.74 Å². The third-order valence-corrected chi connectivity index (χ3v) is 4.60. The summed E-state index contributed by atoms with van der Waals surface area (Å²) in [5.74, 6) is 0.636. The fourth-order valence-electron chi connectivity index (χ4n) is 2.71. The minimum atomic E-state index is -0.554. The summed E-state index contributed by atoms with van der Waals surface area (Å²) in [6, 6.07) is 7.58. The minimum absolute atomic E-state index is 0.000123. The Balaban J connectivity index is 1.69. The van der Waals surface area contributed by atoms with Crippen molar-refractivity contribution in [3.05, 3.63) is 28.7 Å². The molecule has 128 valence electrons. The van der Waals surface area contributed by atoms with E-state index in [4.69, 9.17) is 9.47 Å². The maximum absolute atomic E-state index is 11.7. The van der Waals surface area contributed by atoms with Gasteiger partial charge in [0, 0.05) is 6.54 Å². The van der Waals surface area contributed by atoms with Crippen LogP contribution in [0.5, 0.6) is 5.75 Å². The number of carbonyl (C=O) groups excluding carboxylic acids is 1. The summed E-state index contributed by atoms with van der Waals surface area (Å²) in [6.07, 6.45) is 1.02. The number of likely N-dealkylation sites (tertiary alicyclic amines) is 1. The standard InChI is InChI=1S/C17H24BrNO4/c1-2-22-17(21)13-7-9-19(10-8-13)11-14(20)12-23-16-6-4-3-5-15(16)18/h3-6,13-14,20H,2,7-12H2,1H3/t14-/m0/s1. The zero-order valence-corrected chi connectivity index (χ0v) is 15.0. The number of para-hydroxylation sites is 1. The van der Waals surface area contributed by atoms with Gasteiger partial charge in [0.2, 0.25) is 0 Å². The van der Waals surface area contributed by atoms with Crippen LogP contribution in [-0.2, 0) is 9.53 Å². The number of carbonyl (C=O) groups is 1. The molecule has 2 rings (SSSR count). The highest BCUT2D eigenvalue weighted by molar-refractivity contribution is 9.10. The third-order valence-electron chi connectivity index (χ3n) is 3.94. The SMILES string of the molecule is CCOC(=O)C1CCN(C[C@H](O)COc2ccccc2Br)CC1. The number of aliphatic hydroxyl groups is 1. The molecule has 1 aliphatic heterocycles. The zero-order chi connectivity index (χ0) is 16.7. The number of β-amino-alcohol motifs (C(OH)–C–C–N with tert-alkyl or cyclic N) is 1. The first-order valence-electron chi connectivity index (χ1n) is 8.04. The highest BCUT2D eigenvalue weighted by Gasteiger charge is 2.26. The van der Waals surface area contributed by atoms with Gasteiger partial charge in [-0.25, -0.2) is 0 Å². The maximum Gasteiger partial charge on any atom is 0.309 e. The lowest BCUT2D eigenvalue weighted by Gasteiger charge is -2.32. The van der Waals surface area contributed by atoms with Gasteiger partial charge in [0.1, 0.15) is 18.5 Å². The molecule has 1 fully saturated rings. The molecule has 1 aliphatic rings. The number of hydrogen-bond donors (Lipinski definition) is 1. The molecule has 0 radical (unpaired) electrons. The van der Waals surface area contributed by atoms with Gasteiger partial charge in [-0.05, 0) is 60.9 Å². The van der Waals surface area contributed by atoms with Crippen LogP contribution in [0.25, 0.3) is 0 Å². The maximum atomic E-state index is 11.7. The normalized spacial score (nSPS) is 17.7. The molecule has 0 bridgehead atoms. The van der Waals surface area contributed by atoms with Crippen molar-refractivity contribution in [2.45, 2.75) is 25.9 Å². The van der Waals surface area contributed by atoms with E-state index in [0.29, 0.717) is 13.2 Å². The molecule has 1 atom stereocenters. The Morgan fingerprint density at radius 1 is 1.39 bits per heavy atom. The number of piperidine rings is 1. The quantitative estimate of drug-likeness (QED) is 0.730.